The molecule has 1 N–H and O–H groups in total. The number of nitrogens with one attached hydrogen (secondary N) is 1. The number of rotatable bonds is 12. The van der Waals surface area contributed by atoms with E-state index in [0.29, 0.717) is 31.0 Å². The van der Waals surface area contributed by atoms with Gasteiger partial charge in [-0.3, -0.25) is 14.4 Å². The summed E-state index contributed by atoms with van der Waals surface area (Å²) in [5.74, 6) is -0.957. The first-order valence-electron chi connectivity index (χ1n) is 15.7. The highest BCUT2D eigenvalue weighted by molar-refractivity contribution is 5.99. The number of amides is 3. The molecule has 0 saturated carbocycles. The van der Waals surface area contributed by atoms with Crippen LogP contribution in [0.15, 0.2) is 91.0 Å². The number of aromatic nitrogens is 1. The Morgan fingerprint density at radius 3 is 2.09 bits per heavy atom. The van der Waals surface area contributed by atoms with E-state index < -0.39 is 24.0 Å². The molecule has 0 spiro atoms. The quantitative estimate of drug-likeness (QED) is 0.221. The summed E-state index contributed by atoms with van der Waals surface area (Å²) >= 11 is 0. The normalized spacial score (nSPS) is 13.5. The van der Waals surface area contributed by atoms with Crippen LogP contribution in [0.3, 0.4) is 0 Å². The summed E-state index contributed by atoms with van der Waals surface area (Å²) in [6.07, 6.45) is -0.511. The molecule has 1 saturated heterocycles. The van der Waals surface area contributed by atoms with Crippen molar-refractivity contribution in [3.63, 3.8) is 0 Å². The first kappa shape index (κ1) is 32.9. The molecular formula is C36H38N4O7. The van der Waals surface area contributed by atoms with Gasteiger partial charge >= 0.3 is 12.1 Å². The Hall–Kier alpha value is -5.45. The van der Waals surface area contributed by atoms with Crippen LogP contribution < -0.4 is 10.1 Å². The van der Waals surface area contributed by atoms with Crippen molar-refractivity contribution in [2.75, 3.05) is 32.8 Å². The van der Waals surface area contributed by atoms with Crippen LogP contribution in [0.4, 0.5) is 4.79 Å². The zero-order chi connectivity index (χ0) is 33.0. The molecule has 47 heavy (non-hydrogen) atoms. The molecule has 5 rings (SSSR count). The van der Waals surface area contributed by atoms with Gasteiger partial charge < -0.3 is 29.3 Å². The number of carbonyl (C=O) groups excluding carboxylic acids is 4. The number of benzene rings is 3. The molecule has 11 heteroatoms. The van der Waals surface area contributed by atoms with E-state index in [1.54, 1.807) is 24.0 Å². The third-order valence-electron chi connectivity index (χ3n) is 7.75. The molecule has 1 atom stereocenters. The lowest BCUT2D eigenvalue weighted by atomic mass is 10.1. The molecule has 4 aromatic rings. The minimum absolute atomic E-state index is 0.0151. The van der Waals surface area contributed by atoms with Crippen LogP contribution in [-0.2, 0) is 32.3 Å². The highest BCUT2D eigenvalue weighted by atomic mass is 16.6. The number of pyridine rings is 1. The molecule has 0 bridgehead atoms. The first-order valence-corrected chi connectivity index (χ1v) is 15.7. The van der Waals surface area contributed by atoms with Crippen LogP contribution >= 0.6 is 0 Å². The number of para-hydroxylation sites is 1. The fourth-order valence-electron chi connectivity index (χ4n) is 5.22. The van der Waals surface area contributed by atoms with E-state index in [4.69, 9.17) is 14.2 Å². The standard InChI is InChI=1S/C36H38N4O7/c1-2-45-36(44)40-21-19-39(20-22-40)35(43)30(17-18-33(41)47-25-27-13-7-4-8-14-27)38-34(42)31-23-32(28-15-9-10-16-29(28)37-31)46-24-26-11-5-3-6-12-26/h3-16,23,30H,2,17-22,24-25H2,1H3,(H,38,42)/t30-/m0/s1. The van der Waals surface area contributed by atoms with Crippen LogP contribution in [0.25, 0.3) is 10.9 Å². The SMILES string of the molecule is CCOC(=O)N1CCN(C(=O)[C@H](CCC(=O)OCc2ccccc2)NC(=O)c2cc(OCc3ccccc3)c3ccccc3n2)CC1. The lowest BCUT2D eigenvalue weighted by Crippen LogP contribution is -2.56. The zero-order valence-corrected chi connectivity index (χ0v) is 26.3. The largest absolute Gasteiger partial charge is 0.488 e. The van der Waals surface area contributed by atoms with E-state index in [9.17, 15) is 19.2 Å². The molecular weight excluding hydrogens is 600 g/mol. The molecule has 11 nitrogen and oxygen atoms in total. The van der Waals surface area contributed by atoms with Crippen molar-refractivity contribution in [1.29, 1.82) is 0 Å². The molecule has 0 aliphatic carbocycles. The summed E-state index contributed by atoms with van der Waals surface area (Å²) in [6.45, 7) is 3.49. The van der Waals surface area contributed by atoms with Crippen LogP contribution in [0.1, 0.15) is 41.4 Å². The minimum Gasteiger partial charge on any atom is -0.488 e. The molecule has 0 radical (unpaired) electrons. The summed E-state index contributed by atoms with van der Waals surface area (Å²) in [5, 5.41) is 3.56. The molecule has 3 aromatic carbocycles. The second-order valence-electron chi connectivity index (χ2n) is 11.0. The van der Waals surface area contributed by atoms with Crippen molar-refractivity contribution < 1.29 is 33.4 Å². The fraction of sp³-hybridized carbons (Fsp3) is 0.306. The predicted molar refractivity (Wildman–Crippen MR) is 174 cm³/mol. The van der Waals surface area contributed by atoms with Gasteiger partial charge in [-0.1, -0.05) is 72.8 Å². The van der Waals surface area contributed by atoms with E-state index in [1.165, 1.54) is 4.90 Å². The lowest BCUT2D eigenvalue weighted by molar-refractivity contribution is -0.145. The van der Waals surface area contributed by atoms with Crippen LogP contribution in [0, 0.1) is 0 Å². The molecule has 1 aromatic heterocycles. The smallest absolute Gasteiger partial charge is 0.409 e. The van der Waals surface area contributed by atoms with E-state index >= 15 is 0 Å². The van der Waals surface area contributed by atoms with Crippen molar-refractivity contribution in [3.8, 4) is 5.75 Å². The summed E-state index contributed by atoms with van der Waals surface area (Å²) in [7, 11) is 0. The summed E-state index contributed by atoms with van der Waals surface area (Å²) < 4.78 is 16.6. The van der Waals surface area contributed by atoms with Crippen molar-refractivity contribution in [2.24, 2.45) is 0 Å². The Bertz CT molecular complexity index is 1680. The molecule has 1 aliphatic rings. The number of piperazine rings is 1. The topological polar surface area (TPSA) is 127 Å². The van der Waals surface area contributed by atoms with Gasteiger partial charge in [0.15, 0.2) is 0 Å². The highest BCUT2D eigenvalue weighted by Crippen LogP contribution is 2.26. The second-order valence-corrected chi connectivity index (χ2v) is 11.0. The second kappa shape index (κ2) is 16.2. The molecule has 1 fully saturated rings. The van der Waals surface area contributed by atoms with Crippen molar-refractivity contribution in [2.45, 2.75) is 39.0 Å². The van der Waals surface area contributed by atoms with E-state index in [2.05, 4.69) is 10.3 Å². The molecule has 2 heterocycles. The molecule has 0 unspecified atom stereocenters. The predicted octanol–water partition coefficient (Wildman–Crippen LogP) is 4.74. The Morgan fingerprint density at radius 2 is 1.40 bits per heavy atom. The van der Waals surface area contributed by atoms with Gasteiger partial charge in [0, 0.05) is 44.1 Å². The van der Waals surface area contributed by atoms with Crippen LogP contribution in [-0.4, -0.2) is 77.5 Å². The maximum Gasteiger partial charge on any atom is 0.409 e. The van der Waals surface area contributed by atoms with Crippen molar-refractivity contribution in [3.05, 3.63) is 108 Å². The Morgan fingerprint density at radius 1 is 0.787 bits per heavy atom. The van der Waals surface area contributed by atoms with Gasteiger partial charge in [-0.25, -0.2) is 9.78 Å². The lowest BCUT2D eigenvalue weighted by Gasteiger charge is -2.36. The third-order valence-corrected chi connectivity index (χ3v) is 7.75. The average molecular weight is 639 g/mol. The van der Waals surface area contributed by atoms with Crippen molar-refractivity contribution in [1.82, 2.24) is 20.1 Å². The monoisotopic (exact) mass is 638 g/mol. The van der Waals surface area contributed by atoms with E-state index in [1.807, 2.05) is 78.9 Å². The minimum atomic E-state index is -1.04. The van der Waals surface area contributed by atoms with E-state index in [-0.39, 0.29) is 50.7 Å². The maximum atomic E-state index is 13.8. The summed E-state index contributed by atoms with van der Waals surface area (Å²) in [5.41, 5.74) is 2.44. The fourth-order valence-corrected chi connectivity index (χ4v) is 5.22. The number of hydrogen-bond donors (Lipinski definition) is 1. The van der Waals surface area contributed by atoms with E-state index in [0.717, 1.165) is 16.5 Å². The third kappa shape index (κ3) is 9.06. The number of esters is 1. The maximum absolute atomic E-state index is 13.8. The molecule has 244 valence electrons. The Kier molecular flexibility index (Phi) is 11.4. The molecule has 1 aliphatic heterocycles. The van der Waals surface area contributed by atoms with Crippen molar-refractivity contribution >= 4 is 34.8 Å². The van der Waals surface area contributed by atoms with Gasteiger partial charge in [-0.05, 0) is 36.6 Å². The van der Waals surface area contributed by atoms with Crippen LogP contribution in [0.5, 0.6) is 5.75 Å². The van der Waals surface area contributed by atoms with Gasteiger partial charge in [0.05, 0.1) is 12.1 Å². The highest BCUT2D eigenvalue weighted by Gasteiger charge is 2.31. The Labute approximate surface area is 273 Å². The number of nitrogens with zero attached hydrogens (tertiary/aromatic N) is 3. The average Bonchev–Trinajstić information content (AvgIpc) is 3.12. The molecule has 3 amide bonds. The zero-order valence-electron chi connectivity index (χ0n) is 26.3. The number of fused-ring (bicyclic) bond motifs is 1. The number of carbonyl (C=O) groups is 4. The van der Waals surface area contributed by atoms with Gasteiger partial charge in [-0.2, -0.15) is 0 Å². The summed E-state index contributed by atoms with van der Waals surface area (Å²) in [6, 6.07) is 26.8. The van der Waals surface area contributed by atoms with Gasteiger partial charge in [-0.15, -0.1) is 0 Å². The van der Waals surface area contributed by atoms with Gasteiger partial charge in [0.2, 0.25) is 5.91 Å². The number of ether oxygens (including phenoxy) is 3. The number of hydrogen-bond acceptors (Lipinski definition) is 8. The first-order chi connectivity index (χ1) is 22.9. The summed E-state index contributed by atoms with van der Waals surface area (Å²) in [4.78, 5) is 60.0. The van der Waals surface area contributed by atoms with Gasteiger partial charge in [0.25, 0.3) is 5.91 Å². The van der Waals surface area contributed by atoms with Crippen LogP contribution in [0.2, 0.25) is 0 Å². The van der Waals surface area contributed by atoms with Gasteiger partial charge in [0.1, 0.15) is 30.7 Å². The Balaban J connectivity index is 1.31.